The Balaban J connectivity index is 2.38. The summed E-state index contributed by atoms with van der Waals surface area (Å²) in [6, 6.07) is 5.24. The van der Waals surface area contributed by atoms with Crippen LogP contribution in [0.3, 0.4) is 0 Å². The molecule has 0 atom stereocenters. The van der Waals surface area contributed by atoms with Gasteiger partial charge in [-0.05, 0) is 32.0 Å². The largest absolute Gasteiger partial charge is 0.507 e. The minimum atomic E-state index is 0.209. The zero-order chi connectivity index (χ0) is 13.3. The number of hydrogen-bond acceptors (Lipinski definition) is 3. The Bertz CT molecular complexity index is 617. The summed E-state index contributed by atoms with van der Waals surface area (Å²) < 4.78 is 2.70. The van der Waals surface area contributed by atoms with Gasteiger partial charge in [-0.2, -0.15) is 5.10 Å². The minimum absolute atomic E-state index is 0.209. The first-order chi connectivity index (χ1) is 8.49. The molecule has 0 aliphatic rings. The van der Waals surface area contributed by atoms with E-state index in [0.29, 0.717) is 5.56 Å². The molecule has 0 radical (unpaired) electrons. The van der Waals surface area contributed by atoms with Crippen molar-refractivity contribution < 1.29 is 5.11 Å². The molecule has 94 valence electrons. The van der Waals surface area contributed by atoms with Crippen molar-refractivity contribution in [1.29, 1.82) is 0 Å². The van der Waals surface area contributed by atoms with Gasteiger partial charge in [-0.1, -0.05) is 15.9 Å². The number of phenolic OH excluding ortho intramolecular Hbond substituents is 1. The van der Waals surface area contributed by atoms with Crippen molar-refractivity contribution in [2.24, 2.45) is 12.0 Å². The number of rotatable bonds is 2. The van der Waals surface area contributed by atoms with Crippen molar-refractivity contribution in [2.75, 3.05) is 0 Å². The predicted octanol–water partition coefficient (Wildman–Crippen LogP) is 3.26. The highest BCUT2D eigenvalue weighted by Crippen LogP contribution is 2.24. The number of aromatic nitrogens is 2. The van der Waals surface area contributed by atoms with Gasteiger partial charge in [0.25, 0.3) is 0 Å². The van der Waals surface area contributed by atoms with Crippen LogP contribution in [0.15, 0.2) is 27.7 Å². The number of aromatic hydroxyl groups is 1. The Morgan fingerprint density at radius 3 is 2.72 bits per heavy atom. The summed E-state index contributed by atoms with van der Waals surface area (Å²) in [5.41, 5.74) is 3.39. The number of halogens is 1. The van der Waals surface area contributed by atoms with Gasteiger partial charge in [0.1, 0.15) is 11.4 Å². The average Bonchev–Trinajstić information content (AvgIpc) is 2.55. The first-order valence-electron chi connectivity index (χ1n) is 5.52. The molecule has 0 amide bonds. The Morgan fingerprint density at radius 2 is 2.11 bits per heavy atom. The molecule has 2 rings (SSSR count). The molecule has 0 unspecified atom stereocenters. The van der Waals surface area contributed by atoms with Gasteiger partial charge < -0.3 is 5.11 Å². The van der Waals surface area contributed by atoms with Crippen LogP contribution in [-0.4, -0.2) is 21.1 Å². The van der Waals surface area contributed by atoms with Crippen LogP contribution in [0.1, 0.15) is 17.0 Å². The summed E-state index contributed by atoms with van der Waals surface area (Å²) in [4.78, 5) is 4.41. The molecule has 1 N–H and O–H groups in total. The lowest BCUT2D eigenvalue weighted by Crippen LogP contribution is -1.92. The maximum atomic E-state index is 9.72. The number of hydrogen-bond donors (Lipinski definition) is 1. The fraction of sp³-hybridized carbons (Fsp3) is 0.231. The number of nitrogens with zero attached hydrogens (tertiary/aromatic N) is 3. The van der Waals surface area contributed by atoms with E-state index in [1.807, 2.05) is 27.0 Å². The molecular weight excluding hydrogens is 294 g/mol. The molecule has 0 fully saturated rings. The van der Waals surface area contributed by atoms with Gasteiger partial charge in [-0.15, -0.1) is 0 Å². The average molecular weight is 308 g/mol. The molecule has 0 aliphatic carbocycles. The molecular formula is C13H14BrN3O. The molecule has 1 heterocycles. The number of phenols is 1. The van der Waals surface area contributed by atoms with Crippen molar-refractivity contribution in [1.82, 2.24) is 9.78 Å². The Labute approximate surface area is 114 Å². The van der Waals surface area contributed by atoms with Gasteiger partial charge in [-0.3, -0.25) is 9.67 Å². The molecule has 0 spiro atoms. The highest BCUT2D eigenvalue weighted by atomic mass is 79.9. The SMILES string of the molecule is Cc1nn(C)c(C)c1N=Cc1cc(Br)ccc1O. The Hall–Kier alpha value is -1.62. The molecule has 1 aromatic heterocycles. The third-order valence-corrected chi connectivity index (χ3v) is 3.29. The lowest BCUT2D eigenvalue weighted by atomic mass is 10.2. The second-order valence-electron chi connectivity index (χ2n) is 4.10. The second kappa shape index (κ2) is 4.94. The molecule has 4 nitrogen and oxygen atoms in total. The molecule has 0 saturated carbocycles. The fourth-order valence-corrected chi connectivity index (χ4v) is 2.09. The number of benzene rings is 1. The minimum Gasteiger partial charge on any atom is -0.507 e. The van der Waals surface area contributed by atoms with Gasteiger partial charge in [0.05, 0.1) is 11.4 Å². The van der Waals surface area contributed by atoms with Gasteiger partial charge in [0, 0.05) is 23.3 Å². The van der Waals surface area contributed by atoms with Gasteiger partial charge in [-0.25, -0.2) is 0 Å². The lowest BCUT2D eigenvalue weighted by Gasteiger charge is -1.99. The van der Waals surface area contributed by atoms with Crippen molar-refractivity contribution in [3.8, 4) is 5.75 Å². The standard InChI is InChI=1S/C13H14BrN3O/c1-8-13(9(2)17(3)16-8)15-7-10-6-11(14)4-5-12(10)18/h4-7,18H,1-3H3. The topological polar surface area (TPSA) is 50.4 Å². The van der Waals surface area contributed by atoms with Gasteiger partial charge >= 0.3 is 0 Å². The molecule has 0 saturated heterocycles. The van der Waals surface area contributed by atoms with Crippen molar-refractivity contribution >= 4 is 27.8 Å². The molecule has 5 heteroatoms. The van der Waals surface area contributed by atoms with Crippen molar-refractivity contribution in [3.63, 3.8) is 0 Å². The maximum Gasteiger partial charge on any atom is 0.124 e. The van der Waals surface area contributed by atoms with Crippen molar-refractivity contribution in [2.45, 2.75) is 13.8 Å². The highest BCUT2D eigenvalue weighted by Gasteiger charge is 2.07. The molecule has 2 aromatic rings. The molecule has 18 heavy (non-hydrogen) atoms. The summed E-state index contributed by atoms with van der Waals surface area (Å²) in [7, 11) is 1.89. The van der Waals surface area contributed by atoms with Crippen molar-refractivity contribution in [3.05, 3.63) is 39.6 Å². The van der Waals surface area contributed by atoms with Crippen LogP contribution in [0.4, 0.5) is 5.69 Å². The predicted molar refractivity (Wildman–Crippen MR) is 75.7 cm³/mol. The van der Waals surface area contributed by atoms with Crippen LogP contribution < -0.4 is 0 Å². The molecule has 0 bridgehead atoms. The van der Waals surface area contributed by atoms with Crippen LogP contribution in [0.2, 0.25) is 0 Å². The lowest BCUT2D eigenvalue weighted by molar-refractivity contribution is 0.474. The van der Waals surface area contributed by atoms with E-state index in [4.69, 9.17) is 0 Å². The van der Waals surface area contributed by atoms with Gasteiger partial charge in [0.2, 0.25) is 0 Å². The van der Waals surface area contributed by atoms with E-state index < -0.39 is 0 Å². The maximum absolute atomic E-state index is 9.72. The Kier molecular flexibility index (Phi) is 3.52. The Morgan fingerprint density at radius 1 is 1.39 bits per heavy atom. The smallest absolute Gasteiger partial charge is 0.124 e. The van der Waals surface area contributed by atoms with E-state index in [-0.39, 0.29) is 5.75 Å². The van der Waals surface area contributed by atoms with Gasteiger partial charge in [0.15, 0.2) is 0 Å². The van der Waals surface area contributed by atoms with Crippen LogP contribution in [0.5, 0.6) is 5.75 Å². The highest BCUT2D eigenvalue weighted by molar-refractivity contribution is 9.10. The monoisotopic (exact) mass is 307 g/mol. The van der Waals surface area contributed by atoms with E-state index >= 15 is 0 Å². The summed E-state index contributed by atoms with van der Waals surface area (Å²) in [6.45, 7) is 3.88. The molecule has 1 aromatic carbocycles. The van der Waals surface area contributed by atoms with E-state index in [1.54, 1.807) is 23.0 Å². The summed E-state index contributed by atoms with van der Waals surface area (Å²) in [5.74, 6) is 0.209. The first-order valence-corrected chi connectivity index (χ1v) is 6.31. The second-order valence-corrected chi connectivity index (χ2v) is 5.02. The third kappa shape index (κ3) is 2.46. The third-order valence-electron chi connectivity index (χ3n) is 2.79. The quantitative estimate of drug-likeness (QED) is 0.866. The van der Waals surface area contributed by atoms with E-state index in [2.05, 4.69) is 26.0 Å². The summed E-state index contributed by atoms with van der Waals surface area (Å²) >= 11 is 3.37. The fourth-order valence-electron chi connectivity index (χ4n) is 1.71. The van der Waals surface area contributed by atoms with Crippen LogP contribution >= 0.6 is 15.9 Å². The number of aliphatic imine (C=N–C) groups is 1. The zero-order valence-corrected chi connectivity index (χ0v) is 12.1. The van der Waals surface area contributed by atoms with Crippen LogP contribution in [0, 0.1) is 13.8 Å². The van der Waals surface area contributed by atoms with E-state index in [1.165, 1.54) is 0 Å². The normalized spacial score (nSPS) is 11.3. The number of aryl methyl sites for hydroxylation is 2. The summed E-state index contributed by atoms with van der Waals surface area (Å²) in [6.07, 6.45) is 1.65. The summed E-state index contributed by atoms with van der Waals surface area (Å²) in [5, 5.41) is 14.0. The van der Waals surface area contributed by atoms with E-state index in [9.17, 15) is 5.11 Å². The first kappa shape index (κ1) is 12.8. The van der Waals surface area contributed by atoms with E-state index in [0.717, 1.165) is 21.5 Å². The molecule has 0 aliphatic heterocycles. The van der Waals surface area contributed by atoms with Crippen LogP contribution in [-0.2, 0) is 7.05 Å². The zero-order valence-electron chi connectivity index (χ0n) is 10.5. The van der Waals surface area contributed by atoms with Crippen LogP contribution in [0.25, 0.3) is 0 Å².